The number of fused-ring (bicyclic) bond motifs is 1. The van der Waals surface area contributed by atoms with E-state index in [1.165, 1.54) is 6.08 Å². The van der Waals surface area contributed by atoms with E-state index in [-0.39, 0.29) is 24.1 Å². The molecule has 1 aliphatic heterocycles. The Balaban J connectivity index is 1.37. The highest BCUT2D eigenvalue weighted by atomic mass is 19.1. The van der Waals surface area contributed by atoms with Crippen LogP contribution in [0.4, 0.5) is 9.18 Å². The fourth-order valence-electron chi connectivity index (χ4n) is 4.68. The minimum Gasteiger partial charge on any atom is -0.443 e. The molecule has 1 fully saturated rings. The van der Waals surface area contributed by atoms with E-state index in [1.807, 2.05) is 26.8 Å². The van der Waals surface area contributed by atoms with Crippen LogP contribution in [0, 0.1) is 5.92 Å². The Morgan fingerprint density at radius 1 is 1.36 bits per heavy atom. The number of hydrogen-bond acceptors (Lipinski definition) is 5. The lowest BCUT2D eigenvalue weighted by atomic mass is 9.84. The van der Waals surface area contributed by atoms with E-state index in [2.05, 4.69) is 20.5 Å². The first-order valence-corrected chi connectivity index (χ1v) is 12.2. The van der Waals surface area contributed by atoms with Crippen molar-refractivity contribution in [3.05, 3.63) is 65.7 Å². The van der Waals surface area contributed by atoms with Gasteiger partial charge in [0.1, 0.15) is 11.4 Å². The molecule has 0 aromatic carbocycles. The Bertz CT molecular complexity index is 1200. The number of allylic oxidation sites excluding steroid dienone is 2. The second-order valence-electron chi connectivity index (χ2n) is 9.79. The molecule has 2 amide bonds. The molecule has 0 spiro atoms. The summed E-state index contributed by atoms with van der Waals surface area (Å²) in [6, 6.07) is 1.84. The van der Waals surface area contributed by atoms with Crippen LogP contribution in [-0.2, 0) is 9.53 Å². The molecule has 2 aromatic heterocycles. The summed E-state index contributed by atoms with van der Waals surface area (Å²) in [6.07, 6.45) is 13.6. The molecule has 3 heterocycles. The van der Waals surface area contributed by atoms with E-state index in [4.69, 9.17) is 4.74 Å². The third-order valence-electron chi connectivity index (χ3n) is 6.49. The van der Waals surface area contributed by atoms with E-state index >= 15 is 0 Å². The number of piperidine rings is 1. The maximum atomic E-state index is 14.9. The number of H-pyrrole nitrogens is 1. The molecule has 2 aromatic rings. The predicted octanol–water partition coefficient (Wildman–Crippen LogP) is 5.15. The minimum atomic E-state index is -0.528. The highest BCUT2D eigenvalue weighted by molar-refractivity contribution is 5.94. The summed E-state index contributed by atoms with van der Waals surface area (Å²) in [5.41, 5.74) is 3.17. The Kier molecular flexibility index (Phi) is 7.67. The van der Waals surface area contributed by atoms with Crippen LogP contribution in [0.2, 0.25) is 0 Å². The van der Waals surface area contributed by atoms with Crippen molar-refractivity contribution in [2.75, 3.05) is 13.1 Å². The third-order valence-corrected chi connectivity index (χ3v) is 6.49. The van der Waals surface area contributed by atoms with Crippen LogP contribution in [0.15, 0.2) is 60.1 Å². The minimum absolute atomic E-state index is 0.121. The molecule has 1 unspecified atom stereocenters. The number of ether oxygens (including phenoxy) is 1. The van der Waals surface area contributed by atoms with Gasteiger partial charge in [0.15, 0.2) is 0 Å². The topological polar surface area (TPSA) is 100 Å². The van der Waals surface area contributed by atoms with Gasteiger partial charge >= 0.3 is 6.09 Å². The molecule has 1 atom stereocenters. The van der Waals surface area contributed by atoms with Crippen molar-refractivity contribution in [1.29, 1.82) is 0 Å². The van der Waals surface area contributed by atoms with Crippen LogP contribution >= 0.6 is 0 Å². The quantitative estimate of drug-likeness (QED) is 0.520. The lowest BCUT2D eigenvalue weighted by molar-refractivity contribution is -0.115. The Hall–Kier alpha value is -3.75. The van der Waals surface area contributed by atoms with E-state index in [9.17, 15) is 14.0 Å². The average Bonchev–Trinajstić information content (AvgIpc) is 3.37. The Morgan fingerprint density at radius 3 is 2.94 bits per heavy atom. The number of amides is 2. The standard InChI is InChI=1S/C27H32FN5O3/c1-4-9-27(2,3)36-26(35)33-11-8-18-13-24(23(28)12-20(18)17-33)32-25(34)6-5-19-14-29-10-7-22(19)21-15-30-31-16-21/h5-7,10,13-16,20H,4,8-9,11-12,17H2,1-3H3,(H,30,31)(H,32,34)/b6-5+. The third kappa shape index (κ3) is 6.08. The molecule has 4 rings (SSSR count). The lowest BCUT2D eigenvalue weighted by Crippen LogP contribution is -2.45. The van der Waals surface area contributed by atoms with Gasteiger partial charge in [-0.1, -0.05) is 18.9 Å². The normalized spacial score (nSPS) is 18.2. The highest BCUT2D eigenvalue weighted by Gasteiger charge is 2.34. The molecule has 0 saturated carbocycles. The monoisotopic (exact) mass is 493 g/mol. The number of carbonyl (C=O) groups is 2. The van der Waals surface area contributed by atoms with E-state index in [1.54, 1.807) is 41.8 Å². The highest BCUT2D eigenvalue weighted by Crippen LogP contribution is 2.35. The van der Waals surface area contributed by atoms with Crippen molar-refractivity contribution in [3.63, 3.8) is 0 Å². The summed E-state index contributed by atoms with van der Waals surface area (Å²) in [6.45, 7) is 6.77. The number of carbonyl (C=O) groups excluding carboxylic acids is 2. The second kappa shape index (κ2) is 10.9. The smallest absolute Gasteiger partial charge is 0.410 e. The summed E-state index contributed by atoms with van der Waals surface area (Å²) in [4.78, 5) is 31.0. The molecule has 2 N–H and O–H groups in total. The molecule has 9 heteroatoms. The van der Waals surface area contributed by atoms with E-state index in [0.717, 1.165) is 35.1 Å². The molecule has 190 valence electrons. The van der Waals surface area contributed by atoms with Gasteiger partial charge in [-0.05, 0) is 50.5 Å². The summed E-state index contributed by atoms with van der Waals surface area (Å²) in [5.74, 6) is -0.950. The van der Waals surface area contributed by atoms with Crippen molar-refractivity contribution in [3.8, 4) is 11.1 Å². The molecule has 36 heavy (non-hydrogen) atoms. The van der Waals surface area contributed by atoms with Gasteiger partial charge < -0.3 is 15.0 Å². The number of halogens is 1. The van der Waals surface area contributed by atoms with Gasteiger partial charge in [-0.15, -0.1) is 0 Å². The number of pyridine rings is 1. The molecular formula is C27H32FN5O3. The number of hydrogen-bond donors (Lipinski definition) is 2. The van der Waals surface area contributed by atoms with Crippen molar-refractivity contribution in [1.82, 2.24) is 25.4 Å². The molecule has 2 aliphatic rings. The zero-order valence-corrected chi connectivity index (χ0v) is 20.9. The molecular weight excluding hydrogens is 461 g/mol. The maximum absolute atomic E-state index is 14.9. The van der Waals surface area contributed by atoms with Crippen LogP contribution in [-0.4, -0.2) is 50.8 Å². The summed E-state index contributed by atoms with van der Waals surface area (Å²) < 4.78 is 20.6. The maximum Gasteiger partial charge on any atom is 0.410 e. The number of likely N-dealkylation sites (tertiary alicyclic amines) is 1. The molecule has 0 radical (unpaired) electrons. The van der Waals surface area contributed by atoms with Gasteiger partial charge in [0.2, 0.25) is 5.91 Å². The molecule has 1 aliphatic carbocycles. The van der Waals surface area contributed by atoms with E-state index in [0.29, 0.717) is 19.5 Å². The predicted molar refractivity (Wildman–Crippen MR) is 135 cm³/mol. The van der Waals surface area contributed by atoms with Gasteiger partial charge in [-0.3, -0.25) is 14.9 Å². The van der Waals surface area contributed by atoms with Gasteiger partial charge in [-0.25, -0.2) is 9.18 Å². The van der Waals surface area contributed by atoms with Gasteiger partial charge in [-0.2, -0.15) is 5.10 Å². The van der Waals surface area contributed by atoms with Crippen LogP contribution in [0.3, 0.4) is 0 Å². The fraction of sp³-hybridized carbons (Fsp3) is 0.407. The van der Waals surface area contributed by atoms with Crippen molar-refractivity contribution < 1.29 is 18.7 Å². The van der Waals surface area contributed by atoms with Crippen molar-refractivity contribution in [2.45, 2.75) is 52.1 Å². The Labute approximate surface area is 210 Å². The number of nitrogens with one attached hydrogen (secondary N) is 2. The van der Waals surface area contributed by atoms with Gasteiger partial charge in [0.05, 0.1) is 11.9 Å². The van der Waals surface area contributed by atoms with Crippen LogP contribution in [0.25, 0.3) is 17.2 Å². The zero-order chi connectivity index (χ0) is 25.7. The first-order valence-electron chi connectivity index (χ1n) is 12.2. The first-order chi connectivity index (χ1) is 17.3. The van der Waals surface area contributed by atoms with Crippen LogP contribution in [0.1, 0.15) is 52.0 Å². The number of rotatable bonds is 7. The van der Waals surface area contributed by atoms with Gasteiger partial charge in [0.25, 0.3) is 0 Å². The molecule has 1 saturated heterocycles. The van der Waals surface area contributed by atoms with Gasteiger partial charge in [0, 0.05) is 61.2 Å². The first kappa shape index (κ1) is 25.3. The Morgan fingerprint density at radius 2 is 2.19 bits per heavy atom. The van der Waals surface area contributed by atoms with E-state index < -0.39 is 17.3 Å². The fourth-order valence-corrected chi connectivity index (χ4v) is 4.68. The van der Waals surface area contributed by atoms with Crippen molar-refractivity contribution >= 4 is 18.1 Å². The second-order valence-corrected chi connectivity index (χ2v) is 9.79. The van der Waals surface area contributed by atoms with Crippen molar-refractivity contribution in [2.24, 2.45) is 5.92 Å². The SMILES string of the molecule is CCCC(C)(C)OC(=O)N1CCC2=CC(NC(=O)/C=C/c3cnccc3-c3cn[nH]c3)=C(F)CC2C1. The number of aromatic nitrogens is 3. The lowest BCUT2D eigenvalue weighted by Gasteiger charge is -2.37. The summed E-state index contributed by atoms with van der Waals surface area (Å²) in [7, 11) is 0. The zero-order valence-electron chi connectivity index (χ0n) is 20.9. The molecule has 8 nitrogen and oxygen atoms in total. The number of nitrogens with zero attached hydrogens (tertiary/aromatic N) is 3. The largest absolute Gasteiger partial charge is 0.443 e. The number of aromatic amines is 1. The molecule has 0 bridgehead atoms. The summed E-state index contributed by atoms with van der Waals surface area (Å²) in [5, 5.41) is 9.39. The average molecular weight is 494 g/mol. The van der Waals surface area contributed by atoms with Crippen LogP contribution < -0.4 is 5.32 Å². The van der Waals surface area contributed by atoms with Crippen LogP contribution in [0.5, 0.6) is 0 Å². The summed E-state index contributed by atoms with van der Waals surface area (Å²) >= 11 is 0.